The first-order valence-corrected chi connectivity index (χ1v) is 7.44. The van der Waals surface area contributed by atoms with E-state index in [9.17, 15) is 4.79 Å². The largest absolute Gasteiger partial charge is 0.378 e. The van der Waals surface area contributed by atoms with Crippen molar-refractivity contribution in [3.63, 3.8) is 0 Å². The van der Waals surface area contributed by atoms with Gasteiger partial charge in [0.2, 0.25) is 5.91 Å². The van der Waals surface area contributed by atoms with E-state index in [4.69, 9.17) is 4.74 Å². The van der Waals surface area contributed by atoms with Crippen LogP contribution in [0.25, 0.3) is 0 Å². The van der Waals surface area contributed by atoms with Crippen LogP contribution in [0.4, 0.5) is 0 Å². The molecule has 0 aliphatic carbocycles. The molecular formula is C16H25N3O2. The predicted molar refractivity (Wildman–Crippen MR) is 82.9 cm³/mol. The zero-order valence-electron chi connectivity index (χ0n) is 12.9. The number of carbonyl (C=O) groups excluding carboxylic acids is 1. The van der Waals surface area contributed by atoms with Gasteiger partial charge < -0.3 is 20.3 Å². The molecule has 1 unspecified atom stereocenters. The van der Waals surface area contributed by atoms with Crippen molar-refractivity contribution in [3.05, 3.63) is 35.4 Å². The number of nitrogens with zero attached hydrogens (tertiary/aromatic N) is 1. The molecule has 1 aliphatic rings. The summed E-state index contributed by atoms with van der Waals surface area (Å²) in [5.74, 6) is 0.0673. The molecule has 1 fully saturated rings. The summed E-state index contributed by atoms with van der Waals surface area (Å²) in [6, 6.07) is 8.36. The van der Waals surface area contributed by atoms with Gasteiger partial charge in [0.15, 0.2) is 0 Å². The molecule has 1 atom stereocenters. The molecular weight excluding hydrogens is 266 g/mol. The lowest BCUT2D eigenvalue weighted by Gasteiger charge is -2.23. The summed E-state index contributed by atoms with van der Waals surface area (Å²) in [6.45, 7) is 3.63. The van der Waals surface area contributed by atoms with Crippen molar-refractivity contribution in [1.82, 2.24) is 15.5 Å². The standard InChI is InChI=1S/C16H25N3O2/c1-19(2)11-14-6-4-3-5-13(14)10-18-16(20)9-15-12-21-8-7-17-15/h3-6,15,17H,7-12H2,1-2H3,(H,18,20). The summed E-state index contributed by atoms with van der Waals surface area (Å²) in [5, 5.41) is 6.30. The van der Waals surface area contributed by atoms with Crippen LogP contribution in [0.15, 0.2) is 24.3 Å². The van der Waals surface area contributed by atoms with Gasteiger partial charge in [0.1, 0.15) is 0 Å². The number of amides is 1. The lowest BCUT2D eigenvalue weighted by molar-refractivity contribution is -0.122. The molecule has 1 aromatic rings. The molecule has 2 rings (SSSR count). The van der Waals surface area contributed by atoms with Crippen molar-refractivity contribution in [2.24, 2.45) is 0 Å². The van der Waals surface area contributed by atoms with Crippen molar-refractivity contribution in [1.29, 1.82) is 0 Å². The Kier molecular flexibility index (Phi) is 6.17. The molecule has 0 spiro atoms. The van der Waals surface area contributed by atoms with Gasteiger partial charge >= 0.3 is 0 Å². The second-order valence-electron chi connectivity index (χ2n) is 5.71. The van der Waals surface area contributed by atoms with Crippen LogP contribution in [0.3, 0.4) is 0 Å². The average Bonchev–Trinajstić information content (AvgIpc) is 2.47. The third-order valence-electron chi connectivity index (χ3n) is 3.51. The van der Waals surface area contributed by atoms with E-state index in [1.54, 1.807) is 0 Å². The van der Waals surface area contributed by atoms with Gasteiger partial charge in [-0.2, -0.15) is 0 Å². The molecule has 1 aliphatic heterocycles. The minimum Gasteiger partial charge on any atom is -0.378 e. The molecule has 21 heavy (non-hydrogen) atoms. The molecule has 5 nitrogen and oxygen atoms in total. The summed E-state index contributed by atoms with van der Waals surface area (Å²) in [5.41, 5.74) is 2.43. The fourth-order valence-corrected chi connectivity index (χ4v) is 2.47. The highest BCUT2D eigenvalue weighted by atomic mass is 16.5. The zero-order chi connectivity index (χ0) is 15.1. The van der Waals surface area contributed by atoms with Gasteiger partial charge in [-0.3, -0.25) is 4.79 Å². The number of hydrogen-bond donors (Lipinski definition) is 2. The maximum atomic E-state index is 12.0. The highest BCUT2D eigenvalue weighted by Gasteiger charge is 2.16. The lowest BCUT2D eigenvalue weighted by atomic mass is 10.1. The second kappa shape index (κ2) is 8.12. The topological polar surface area (TPSA) is 53.6 Å². The smallest absolute Gasteiger partial charge is 0.221 e. The van der Waals surface area contributed by atoms with Gasteiger partial charge in [-0.05, 0) is 25.2 Å². The average molecular weight is 291 g/mol. The van der Waals surface area contributed by atoms with E-state index in [1.165, 1.54) is 11.1 Å². The third-order valence-corrected chi connectivity index (χ3v) is 3.51. The van der Waals surface area contributed by atoms with Crippen LogP contribution in [0.2, 0.25) is 0 Å². The number of benzene rings is 1. The van der Waals surface area contributed by atoms with E-state index in [2.05, 4.69) is 27.7 Å². The highest BCUT2D eigenvalue weighted by Crippen LogP contribution is 2.10. The number of hydrogen-bond acceptors (Lipinski definition) is 4. The van der Waals surface area contributed by atoms with Crippen LogP contribution in [0.5, 0.6) is 0 Å². The number of ether oxygens (including phenoxy) is 1. The van der Waals surface area contributed by atoms with Crippen LogP contribution >= 0.6 is 0 Å². The molecule has 1 amide bonds. The fourth-order valence-electron chi connectivity index (χ4n) is 2.47. The molecule has 1 heterocycles. The Balaban J connectivity index is 1.83. The summed E-state index contributed by atoms with van der Waals surface area (Å²) < 4.78 is 5.36. The van der Waals surface area contributed by atoms with Crippen molar-refractivity contribution in [3.8, 4) is 0 Å². The summed E-state index contributed by atoms with van der Waals surface area (Å²) in [4.78, 5) is 14.1. The van der Waals surface area contributed by atoms with Crippen molar-refractivity contribution in [2.45, 2.75) is 25.6 Å². The zero-order valence-corrected chi connectivity index (χ0v) is 12.9. The predicted octanol–water partition coefficient (Wildman–Crippen LogP) is 0.743. The van der Waals surface area contributed by atoms with Crippen LogP contribution in [-0.4, -0.2) is 50.7 Å². The Morgan fingerprint density at radius 1 is 1.38 bits per heavy atom. The van der Waals surface area contributed by atoms with Crippen molar-refractivity contribution in [2.75, 3.05) is 33.9 Å². The first-order valence-electron chi connectivity index (χ1n) is 7.44. The minimum absolute atomic E-state index is 0.0673. The normalized spacial score (nSPS) is 18.7. The van der Waals surface area contributed by atoms with Gasteiger partial charge in [-0.15, -0.1) is 0 Å². The van der Waals surface area contributed by atoms with Crippen LogP contribution in [0, 0.1) is 0 Å². The van der Waals surface area contributed by atoms with Crippen LogP contribution < -0.4 is 10.6 Å². The molecule has 116 valence electrons. The Labute approximate surface area is 126 Å². The van der Waals surface area contributed by atoms with Crippen LogP contribution in [-0.2, 0) is 22.6 Å². The molecule has 2 N–H and O–H groups in total. The molecule has 5 heteroatoms. The Bertz CT molecular complexity index is 457. The number of carbonyl (C=O) groups is 1. The van der Waals surface area contributed by atoms with Gasteiger partial charge in [-0.25, -0.2) is 0 Å². The Hall–Kier alpha value is -1.43. The highest BCUT2D eigenvalue weighted by molar-refractivity contribution is 5.76. The maximum absolute atomic E-state index is 12.0. The Morgan fingerprint density at radius 3 is 2.81 bits per heavy atom. The van der Waals surface area contributed by atoms with Crippen molar-refractivity contribution >= 4 is 5.91 Å². The van der Waals surface area contributed by atoms with Gasteiger partial charge in [0, 0.05) is 32.1 Å². The van der Waals surface area contributed by atoms with Gasteiger partial charge in [0.25, 0.3) is 0 Å². The SMILES string of the molecule is CN(C)Cc1ccccc1CNC(=O)CC1COCCN1. The molecule has 1 saturated heterocycles. The summed E-state index contributed by atoms with van der Waals surface area (Å²) >= 11 is 0. The quantitative estimate of drug-likeness (QED) is 0.812. The van der Waals surface area contributed by atoms with Gasteiger partial charge in [0.05, 0.1) is 13.2 Å². The lowest BCUT2D eigenvalue weighted by Crippen LogP contribution is -2.44. The van der Waals surface area contributed by atoms with E-state index in [0.29, 0.717) is 19.6 Å². The molecule has 0 radical (unpaired) electrons. The summed E-state index contributed by atoms with van der Waals surface area (Å²) in [7, 11) is 4.09. The first kappa shape index (κ1) is 15.9. The molecule has 0 bridgehead atoms. The second-order valence-corrected chi connectivity index (χ2v) is 5.71. The maximum Gasteiger partial charge on any atom is 0.221 e. The van der Waals surface area contributed by atoms with E-state index in [0.717, 1.165) is 19.7 Å². The minimum atomic E-state index is 0.0673. The van der Waals surface area contributed by atoms with E-state index in [-0.39, 0.29) is 11.9 Å². The van der Waals surface area contributed by atoms with Crippen molar-refractivity contribution < 1.29 is 9.53 Å². The number of nitrogens with one attached hydrogen (secondary N) is 2. The number of morpholine rings is 1. The molecule has 0 saturated carbocycles. The fraction of sp³-hybridized carbons (Fsp3) is 0.562. The summed E-state index contributed by atoms with van der Waals surface area (Å²) in [6.07, 6.45) is 0.468. The molecule has 1 aromatic carbocycles. The van der Waals surface area contributed by atoms with E-state index >= 15 is 0 Å². The Morgan fingerprint density at radius 2 is 2.14 bits per heavy atom. The molecule has 0 aromatic heterocycles. The van der Waals surface area contributed by atoms with E-state index in [1.807, 2.05) is 26.2 Å². The third kappa shape index (κ3) is 5.46. The van der Waals surface area contributed by atoms with Crippen LogP contribution in [0.1, 0.15) is 17.5 Å². The van der Waals surface area contributed by atoms with E-state index < -0.39 is 0 Å². The van der Waals surface area contributed by atoms with Gasteiger partial charge in [-0.1, -0.05) is 24.3 Å². The number of rotatable bonds is 6. The first-order chi connectivity index (χ1) is 10.1. The monoisotopic (exact) mass is 291 g/mol.